The molecule has 2 fully saturated rings. The van der Waals surface area contributed by atoms with Crippen LogP contribution < -0.4 is 5.32 Å². The maximum absolute atomic E-state index is 10.2. The Kier molecular flexibility index (Phi) is 5.27. The third-order valence-electron chi connectivity index (χ3n) is 5.26. The standard InChI is InChI=1S/C16H32N2O/c1-13-5-6-15(17-3)14(11-13)12-18-9-4-7-16(2,19)8-10-18/h13-15,17,19H,4-12H2,1-3H3. The fourth-order valence-electron chi connectivity index (χ4n) is 3.91. The monoisotopic (exact) mass is 268 g/mol. The first-order valence-electron chi connectivity index (χ1n) is 8.12. The molecule has 0 aromatic carbocycles. The maximum Gasteiger partial charge on any atom is 0.0632 e. The van der Waals surface area contributed by atoms with E-state index in [-0.39, 0.29) is 0 Å². The van der Waals surface area contributed by atoms with Crippen LogP contribution in [0.4, 0.5) is 0 Å². The van der Waals surface area contributed by atoms with E-state index in [9.17, 15) is 5.11 Å². The lowest BCUT2D eigenvalue weighted by Crippen LogP contribution is -2.44. The molecule has 2 rings (SSSR count). The quantitative estimate of drug-likeness (QED) is 0.824. The van der Waals surface area contributed by atoms with Gasteiger partial charge in [0.1, 0.15) is 0 Å². The van der Waals surface area contributed by atoms with Crippen molar-refractivity contribution in [3.63, 3.8) is 0 Å². The summed E-state index contributed by atoms with van der Waals surface area (Å²) in [4.78, 5) is 2.59. The molecule has 0 bridgehead atoms. The zero-order chi connectivity index (χ0) is 13.9. The minimum Gasteiger partial charge on any atom is -0.390 e. The number of nitrogens with one attached hydrogen (secondary N) is 1. The van der Waals surface area contributed by atoms with E-state index in [0.29, 0.717) is 6.04 Å². The van der Waals surface area contributed by atoms with Crippen LogP contribution in [-0.4, -0.2) is 48.3 Å². The molecule has 0 aromatic heterocycles. The second kappa shape index (κ2) is 6.55. The SMILES string of the molecule is CNC1CCC(C)CC1CN1CCCC(C)(O)CC1. The highest BCUT2D eigenvalue weighted by Gasteiger charge is 2.31. The zero-order valence-electron chi connectivity index (χ0n) is 13.0. The Hall–Kier alpha value is -0.120. The molecular weight excluding hydrogens is 236 g/mol. The van der Waals surface area contributed by atoms with Gasteiger partial charge in [0.15, 0.2) is 0 Å². The molecule has 4 unspecified atom stereocenters. The van der Waals surface area contributed by atoms with Gasteiger partial charge in [-0.15, -0.1) is 0 Å². The lowest BCUT2D eigenvalue weighted by Gasteiger charge is -2.37. The van der Waals surface area contributed by atoms with Crippen molar-refractivity contribution < 1.29 is 5.11 Å². The predicted molar refractivity (Wildman–Crippen MR) is 80.3 cm³/mol. The van der Waals surface area contributed by atoms with Gasteiger partial charge in [-0.05, 0) is 70.9 Å². The van der Waals surface area contributed by atoms with Crippen LogP contribution in [0.2, 0.25) is 0 Å². The van der Waals surface area contributed by atoms with Gasteiger partial charge in [0.05, 0.1) is 5.60 Å². The summed E-state index contributed by atoms with van der Waals surface area (Å²) in [7, 11) is 2.11. The fourth-order valence-corrected chi connectivity index (χ4v) is 3.91. The average molecular weight is 268 g/mol. The Morgan fingerprint density at radius 3 is 2.79 bits per heavy atom. The van der Waals surface area contributed by atoms with E-state index in [4.69, 9.17) is 0 Å². The third kappa shape index (κ3) is 4.44. The van der Waals surface area contributed by atoms with Gasteiger partial charge in [-0.25, -0.2) is 0 Å². The normalized spacial score (nSPS) is 42.0. The summed E-state index contributed by atoms with van der Waals surface area (Å²) in [5.41, 5.74) is -0.434. The van der Waals surface area contributed by atoms with E-state index in [1.807, 2.05) is 6.92 Å². The second-order valence-corrected chi connectivity index (χ2v) is 7.22. The molecule has 3 nitrogen and oxygen atoms in total. The Morgan fingerprint density at radius 1 is 1.26 bits per heavy atom. The van der Waals surface area contributed by atoms with Crippen molar-refractivity contribution in [1.82, 2.24) is 10.2 Å². The molecule has 2 N–H and O–H groups in total. The van der Waals surface area contributed by atoms with Gasteiger partial charge in [-0.2, -0.15) is 0 Å². The van der Waals surface area contributed by atoms with E-state index >= 15 is 0 Å². The van der Waals surface area contributed by atoms with Gasteiger partial charge in [0, 0.05) is 19.1 Å². The predicted octanol–water partition coefficient (Wildman–Crippen LogP) is 2.25. The van der Waals surface area contributed by atoms with E-state index in [1.165, 1.54) is 25.8 Å². The fraction of sp³-hybridized carbons (Fsp3) is 1.00. The van der Waals surface area contributed by atoms with Crippen LogP contribution in [0.1, 0.15) is 52.4 Å². The third-order valence-corrected chi connectivity index (χ3v) is 5.26. The summed E-state index contributed by atoms with van der Waals surface area (Å²) in [6.07, 6.45) is 7.09. The molecule has 1 aliphatic heterocycles. The summed E-state index contributed by atoms with van der Waals surface area (Å²) in [5, 5.41) is 13.7. The molecule has 0 spiro atoms. The Morgan fingerprint density at radius 2 is 2.05 bits per heavy atom. The second-order valence-electron chi connectivity index (χ2n) is 7.22. The first kappa shape index (κ1) is 15.3. The summed E-state index contributed by atoms with van der Waals surface area (Å²) in [6, 6.07) is 0.694. The van der Waals surface area contributed by atoms with Crippen LogP contribution in [0.3, 0.4) is 0 Å². The Labute approximate surface area is 118 Å². The highest BCUT2D eigenvalue weighted by atomic mass is 16.3. The topological polar surface area (TPSA) is 35.5 Å². The van der Waals surface area contributed by atoms with E-state index < -0.39 is 5.60 Å². The number of rotatable bonds is 3. The average Bonchev–Trinajstić information content (AvgIpc) is 2.51. The van der Waals surface area contributed by atoms with Gasteiger partial charge >= 0.3 is 0 Å². The van der Waals surface area contributed by atoms with Crippen LogP contribution in [0, 0.1) is 11.8 Å². The van der Waals surface area contributed by atoms with Crippen molar-refractivity contribution in [3.8, 4) is 0 Å². The van der Waals surface area contributed by atoms with E-state index in [2.05, 4.69) is 24.2 Å². The van der Waals surface area contributed by atoms with Crippen LogP contribution in [0.25, 0.3) is 0 Å². The van der Waals surface area contributed by atoms with Crippen molar-refractivity contribution in [2.75, 3.05) is 26.7 Å². The molecule has 112 valence electrons. The first-order valence-corrected chi connectivity index (χ1v) is 8.12. The van der Waals surface area contributed by atoms with Gasteiger partial charge in [-0.1, -0.05) is 6.92 Å². The first-order chi connectivity index (χ1) is 9.00. The molecule has 1 heterocycles. The molecular formula is C16H32N2O. The summed E-state index contributed by atoms with van der Waals surface area (Å²) >= 11 is 0. The Balaban J connectivity index is 1.88. The molecule has 0 radical (unpaired) electrons. The number of aliphatic hydroxyl groups is 1. The highest BCUT2D eigenvalue weighted by molar-refractivity contribution is 4.86. The van der Waals surface area contributed by atoms with Crippen LogP contribution >= 0.6 is 0 Å². The lowest BCUT2D eigenvalue weighted by molar-refractivity contribution is 0.0433. The molecule has 1 saturated carbocycles. The van der Waals surface area contributed by atoms with E-state index in [0.717, 1.165) is 44.2 Å². The summed E-state index contributed by atoms with van der Waals surface area (Å²) < 4.78 is 0. The summed E-state index contributed by atoms with van der Waals surface area (Å²) in [5.74, 6) is 1.67. The Bertz CT molecular complexity index is 280. The van der Waals surface area contributed by atoms with Gasteiger partial charge in [0.25, 0.3) is 0 Å². The minimum atomic E-state index is -0.434. The largest absolute Gasteiger partial charge is 0.390 e. The molecule has 19 heavy (non-hydrogen) atoms. The van der Waals surface area contributed by atoms with Gasteiger partial charge in [0.2, 0.25) is 0 Å². The van der Waals surface area contributed by atoms with Crippen molar-refractivity contribution in [2.45, 2.75) is 64.0 Å². The van der Waals surface area contributed by atoms with Crippen LogP contribution in [0.15, 0.2) is 0 Å². The lowest BCUT2D eigenvalue weighted by atomic mass is 9.78. The highest BCUT2D eigenvalue weighted by Crippen LogP contribution is 2.30. The molecule has 4 atom stereocenters. The maximum atomic E-state index is 10.2. The van der Waals surface area contributed by atoms with Crippen LogP contribution in [-0.2, 0) is 0 Å². The zero-order valence-corrected chi connectivity index (χ0v) is 13.0. The number of hydrogen-bond donors (Lipinski definition) is 2. The number of hydrogen-bond acceptors (Lipinski definition) is 3. The molecule has 1 saturated heterocycles. The molecule has 3 heteroatoms. The minimum absolute atomic E-state index is 0.434. The van der Waals surface area contributed by atoms with Crippen molar-refractivity contribution in [2.24, 2.45) is 11.8 Å². The number of nitrogens with zero attached hydrogens (tertiary/aromatic N) is 1. The van der Waals surface area contributed by atoms with Crippen molar-refractivity contribution in [3.05, 3.63) is 0 Å². The van der Waals surface area contributed by atoms with Gasteiger partial charge < -0.3 is 15.3 Å². The molecule has 0 aromatic rings. The smallest absolute Gasteiger partial charge is 0.0632 e. The van der Waals surface area contributed by atoms with Gasteiger partial charge in [-0.3, -0.25) is 0 Å². The summed E-state index contributed by atoms with van der Waals surface area (Å²) in [6.45, 7) is 7.83. The van der Waals surface area contributed by atoms with Crippen LogP contribution in [0.5, 0.6) is 0 Å². The van der Waals surface area contributed by atoms with E-state index in [1.54, 1.807) is 0 Å². The molecule has 1 aliphatic carbocycles. The van der Waals surface area contributed by atoms with Crippen molar-refractivity contribution in [1.29, 1.82) is 0 Å². The molecule has 2 aliphatic rings. The number of likely N-dealkylation sites (tertiary alicyclic amines) is 1. The van der Waals surface area contributed by atoms with Crippen molar-refractivity contribution >= 4 is 0 Å². The molecule has 0 amide bonds.